The Balaban J connectivity index is 1.33. The van der Waals surface area contributed by atoms with Crippen molar-refractivity contribution >= 4 is 22.4 Å². The van der Waals surface area contributed by atoms with Crippen LogP contribution in [0.3, 0.4) is 0 Å². The lowest BCUT2D eigenvalue weighted by Gasteiger charge is -2.24. The molecule has 35 heavy (non-hydrogen) atoms. The maximum Gasteiger partial charge on any atom is 0.162 e. The monoisotopic (exact) mass is 470 g/mol. The number of nitrogens with zero attached hydrogens (tertiary/aromatic N) is 2. The molecule has 2 heterocycles. The van der Waals surface area contributed by atoms with Gasteiger partial charge in [-0.3, -0.25) is 0 Å². The maximum atomic E-state index is 6.18. The number of piperidine rings is 1. The standard InChI is InChI=1S/C28H30N4O3/c1-18-14-20(32-28-22-15-26(33-2)27(34-3)16-24(22)30-17-31-28)9-12-25(18)35-21-10-7-19(8-11-21)23-6-4-5-13-29-23/h7-12,14-17,23,29H,4-6,13H2,1-3H3,(H,30,31,32). The van der Waals surface area contributed by atoms with E-state index < -0.39 is 0 Å². The van der Waals surface area contributed by atoms with Gasteiger partial charge in [0.2, 0.25) is 0 Å². The van der Waals surface area contributed by atoms with Gasteiger partial charge in [-0.25, -0.2) is 9.97 Å². The minimum atomic E-state index is 0.448. The number of hydrogen-bond donors (Lipinski definition) is 2. The molecule has 1 atom stereocenters. The molecule has 180 valence electrons. The molecule has 0 bridgehead atoms. The minimum Gasteiger partial charge on any atom is -0.493 e. The number of rotatable bonds is 7. The van der Waals surface area contributed by atoms with Crippen LogP contribution in [-0.2, 0) is 0 Å². The highest BCUT2D eigenvalue weighted by Crippen LogP contribution is 2.35. The van der Waals surface area contributed by atoms with Crippen LogP contribution in [0.4, 0.5) is 11.5 Å². The molecule has 0 aliphatic carbocycles. The van der Waals surface area contributed by atoms with E-state index in [-0.39, 0.29) is 0 Å². The summed E-state index contributed by atoms with van der Waals surface area (Å²) in [5.74, 6) is 3.60. The first-order valence-electron chi connectivity index (χ1n) is 11.9. The third kappa shape index (κ3) is 5.00. The zero-order chi connectivity index (χ0) is 24.2. The molecule has 2 N–H and O–H groups in total. The van der Waals surface area contributed by atoms with E-state index in [1.807, 2.05) is 49.4 Å². The molecule has 1 aliphatic heterocycles. The summed E-state index contributed by atoms with van der Waals surface area (Å²) in [7, 11) is 3.22. The smallest absolute Gasteiger partial charge is 0.162 e. The summed E-state index contributed by atoms with van der Waals surface area (Å²) in [6, 6.07) is 18.6. The molecule has 5 rings (SSSR count). The normalized spacial score (nSPS) is 15.6. The lowest BCUT2D eigenvalue weighted by atomic mass is 9.97. The highest BCUT2D eigenvalue weighted by atomic mass is 16.5. The van der Waals surface area contributed by atoms with Crippen molar-refractivity contribution in [2.45, 2.75) is 32.2 Å². The Labute approximate surface area is 205 Å². The molecule has 0 radical (unpaired) electrons. The largest absolute Gasteiger partial charge is 0.493 e. The van der Waals surface area contributed by atoms with Crippen molar-refractivity contribution in [2.24, 2.45) is 0 Å². The third-order valence-corrected chi connectivity index (χ3v) is 6.40. The lowest BCUT2D eigenvalue weighted by molar-refractivity contribution is 0.356. The summed E-state index contributed by atoms with van der Waals surface area (Å²) in [5.41, 5.74) is 4.01. The van der Waals surface area contributed by atoms with E-state index in [9.17, 15) is 0 Å². The average Bonchev–Trinajstić information content (AvgIpc) is 2.90. The van der Waals surface area contributed by atoms with Crippen molar-refractivity contribution in [3.63, 3.8) is 0 Å². The Bertz CT molecular complexity index is 1320. The zero-order valence-corrected chi connectivity index (χ0v) is 20.3. The van der Waals surface area contributed by atoms with E-state index in [0.717, 1.165) is 40.2 Å². The van der Waals surface area contributed by atoms with Gasteiger partial charge in [0.1, 0.15) is 23.6 Å². The van der Waals surface area contributed by atoms with Gasteiger partial charge in [0.15, 0.2) is 11.5 Å². The number of anilines is 2. The van der Waals surface area contributed by atoms with Gasteiger partial charge in [0.05, 0.1) is 19.7 Å². The number of aryl methyl sites for hydroxylation is 1. The predicted octanol–water partition coefficient (Wildman–Crippen LogP) is 6.31. The van der Waals surface area contributed by atoms with Gasteiger partial charge in [-0.1, -0.05) is 18.6 Å². The molecule has 1 unspecified atom stereocenters. The van der Waals surface area contributed by atoms with E-state index in [1.165, 1.54) is 31.2 Å². The van der Waals surface area contributed by atoms with E-state index in [1.54, 1.807) is 14.2 Å². The Kier molecular flexibility index (Phi) is 6.68. The Morgan fingerprint density at radius 3 is 2.40 bits per heavy atom. The number of hydrogen-bond acceptors (Lipinski definition) is 7. The van der Waals surface area contributed by atoms with Crippen LogP contribution in [0.15, 0.2) is 60.9 Å². The number of aromatic nitrogens is 2. The Hall–Kier alpha value is -3.84. The minimum absolute atomic E-state index is 0.448. The first-order chi connectivity index (χ1) is 17.1. The van der Waals surface area contributed by atoms with Crippen molar-refractivity contribution in [2.75, 3.05) is 26.1 Å². The maximum absolute atomic E-state index is 6.18. The van der Waals surface area contributed by atoms with Crippen LogP contribution in [0, 0.1) is 6.92 Å². The number of benzene rings is 3. The molecule has 1 aromatic heterocycles. The average molecular weight is 471 g/mol. The summed E-state index contributed by atoms with van der Waals surface area (Å²) in [6.07, 6.45) is 5.27. The van der Waals surface area contributed by atoms with Crippen molar-refractivity contribution in [1.29, 1.82) is 0 Å². The Morgan fingerprint density at radius 1 is 0.886 bits per heavy atom. The molecular weight excluding hydrogens is 440 g/mol. The molecule has 4 aromatic rings. The summed E-state index contributed by atoms with van der Waals surface area (Å²) in [4.78, 5) is 8.82. The molecule has 7 heteroatoms. The second kappa shape index (κ2) is 10.2. The summed E-state index contributed by atoms with van der Waals surface area (Å²) >= 11 is 0. The van der Waals surface area contributed by atoms with Crippen LogP contribution in [0.5, 0.6) is 23.0 Å². The fourth-order valence-electron chi connectivity index (χ4n) is 4.49. The van der Waals surface area contributed by atoms with E-state index in [4.69, 9.17) is 14.2 Å². The SMILES string of the molecule is COc1cc2ncnc(Nc3ccc(Oc4ccc(C5CCCCN5)cc4)c(C)c3)c2cc1OC. The van der Waals surface area contributed by atoms with Crippen LogP contribution >= 0.6 is 0 Å². The number of fused-ring (bicyclic) bond motifs is 1. The van der Waals surface area contributed by atoms with E-state index in [0.29, 0.717) is 23.4 Å². The van der Waals surface area contributed by atoms with Gasteiger partial charge in [0.25, 0.3) is 0 Å². The van der Waals surface area contributed by atoms with Crippen molar-refractivity contribution in [1.82, 2.24) is 15.3 Å². The molecular formula is C28H30N4O3. The van der Waals surface area contributed by atoms with Gasteiger partial charge in [-0.05, 0) is 73.8 Å². The molecule has 3 aromatic carbocycles. The fourth-order valence-corrected chi connectivity index (χ4v) is 4.49. The molecule has 7 nitrogen and oxygen atoms in total. The van der Waals surface area contributed by atoms with Crippen molar-refractivity contribution in [3.05, 3.63) is 72.1 Å². The quantitative estimate of drug-likeness (QED) is 0.328. The molecule has 0 saturated carbocycles. The van der Waals surface area contributed by atoms with Gasteiger partial charge in [-0.2, -0.15) is 0 Å². The molecule has 0 amide bonds. The Morgan fingerprint density at radius 2 is 1.69 bits per heavy atom. The predicted molar refractivity (Wildman–Crippen MR) is 138 cm³/mol. The topological polar surface area (TPSA) is 77.5 Å². The first-order valence-corrected chi connectivity index (χ1v) is 11.9. The van der Waals surface area contributed by atoms with Crippen LogP contribution in [-0.4, -0.2) is 30.7 Å². The van der Waals surface area contributed by atoms with Crippen LogP contribution in [0.1, 0.15) is 36.4 Å². The second-order valence-corrected chi connectivity index (χ2v) is 8.73. The van der Waals surface area contributed by atoms with Gasteiger partial charge in [0, 0.05) is 23.2 Å². The first kappa shape index (κ1) is 22.9. The zero-order valence-electron chi connectivity index (χ0n) is 20.3. The summed E-state index contributed by atoms with van der Waals surface area (Å²) < 4.78 is 17.0. The molecule has 1 saturated heterocycles. The van der Waals surface area contributed by atoms with Crippen LogP contribution in [0.25, 0.3) is 10.9 Å². The molecule has 0 spiro atoms. The van der Waals surface area contributed by atoms with Gasteiger partial charge < -0.3 is 24.8 Å². The van der Waals surface area contributed by atoms with Crippen molar-refractivity contribution in [3.8, 4) is 23.0 Å². The highest BCUT2D eigenvalue weighted by Gasteiger charge is 2.15. The van der Waals surface area contributed by atoms with Gasteiger partial charge >= 0.3 is 0 Å². The highest BCUT2D eigenvalue weighted by molar-refractivity contribution is 5.93. The fraction of sp³-hybridized carbons (Fsp3) is 0.286. The number of ether oxygens (including phenoxy) is 3. The lowest BCUT2D eigenvalue weighted by Crippen LogP contribution is -2.26. The molecule has 1 fully saturated rings. The third-order valence-electron chi connectivity index (χ3n) is 6.40. The van der Waals surface area contributed by atoms with E-state index in [2.05, 4.69) is 32.7 Å². The van der Waals surface area contributed by atoms with Crippen LogP contribution in [0.2, 0.25) is 0 Å². The number of nitrogens with one attached hydrogen (secondary N) is 2. The second-order valence-electron chi connectivity index (χ2n) is 8.73. The van der Waals surface area contributed by atoms with Crippen LogP contribution < -0.4 is 24.8 Å². The van der Waals surface area contributed by atoms with Gasteiger partial charge in [-0.15, -0.1) is 0 Å². The number of methoxy groups -OCH3 is 2. The van der Waals surface area contributed by atoms with Crippen molar-refractivity contribution < 1.29 is 14.2 Å². The summed E-state index contributed by atoms with van der Waals surface area (Å²) in [5, 5.41) is 7.84. The molecule has 1 aliphatic rings. The summed E-state index contributed by atoms with van der Waals surface area (Å²) in [6.45, 7) is 3.13. The van der Waals surface area contributed by atoms with E-state index >= 15 is 0 Å².